The first-order valence-electron chi connectivity index (χ1n) is 20.3. The Morgan fingerprint density at radius 1 is 0.383 bits per heavy atom. The number of para-hydroxylation sites is 2. The molecule has 0 saturated heterocycles. The van der Waals surface area contributed by atoms with Crippen LogP contribution in [0.1, 0.15) is 16.7 Å². The Bertz CT molecular complexity index is 3310. The second kappa shape index (κ2) is 14.1. The number of aryl methyl sites for hydroxylation is 2. The fourth-order valence-electron chi connectivity index (χ4n) is 8.95. The molecule has 60 heavy (non-hydrogen) atoms. The number of nitrogens with zero attached hydrogens (tertiary/aromatic N) is 4. The highest BCUT2D eigenvalue weighted by molar-refractivity contribution is 6.13. The molecule has 0 aliphatic rings. The summed E-state index contributed by atoms with van der Waals surface area (Å²) in [4.78, 5) is 5.47. The fourth-order valence-corrected chi connectivity index (χ4v) is 8.95. The van der Waals surface area contributed by atoms with Gasteiger partial charge in [0.2, 0.25) is 0 Å². The lowest BCUT2D eigenvalue weighted by molar-refractivity contribution is 1.12. The maximum atomic E-state index is 10.9. The van der Waals surface area contributed by atoms with Crippen molar-refractivity contribution in [2.45, 2.75) is 13.8 Å². The van der Waals surface area contributed by atoms with E-state index in [0.29, 0.717) is 5.56 Å². The van der Waals surface area contributed by atoms with E-state index in [9.17, 15) is 5.26 Å². The van der Waals surface area contributed by atoms with Crippen molar-refractivity contribution in [2.75, 3.05) is 0 Å². The van der Waals surface area contributed by atoms with Crippen LogP contribution in [0.2, 0.25) is 0 Å². The van der Waals surface area contributed by atoms with Gasteiger partial charge in [0.1, 0.15) is 0 Å². The lowest BCUT2D eigenvalue weighted by atomic mass is 10.00. The van der Waals surface area contributed by atoms with Gasteiger partial charge in [-0.2, -0.15) is 5.26 Å². The third-order valence-electron chi connectivity index (χ3n) is 11.9. The molecule has 8 aromatic carbocycles. The van der Waals surface area contributed by atoms with Gasteiger partial charge in [0.15, 0.2) is 0 Å². The summed E-state index contributed by atoms with van der Waals surface area (Å²) in [6, 6.07) is 71.4. The summed E-state index contributed by atoms with van der Waals surface area (Å²) in [5.41, 5.74) is 17.2. The van der Waals surface area contributed by atoms with E-state index in [4.69, 9.17) is 4.98 Å². The van der Waals surface area contributed by atoms with E-state index in [1.54, 1.807) is 0 Å². The first-order valence-corrected chi connectivity index (χ1v) is 20.3. The SMILES string of the molecule is Cc1ccc(-c2ccc3c4ccccc4n(-c4cc(C#N)cc(-n5c6ccccc6c6ccc(-c7ccc(C)cc7)cc65)c4-c4cccc(-c5ccccc5)n4)c3c2)cc1. The van der Waals surface area contributed by atoms with Crippen LogP contribution in [-0.4, -0.2) is 14.1 Å². The molecule has 4 heteroatoms. The average molecular weight is 767 g/mol. The lowest BCUT2D eigenvalue weighted by Gasteiger charge is -2.21. The Balaban J connectivity index is 1.29. The molecule has 0 unspecified atom stereocenters. The van der Waals surface area contributed by atoms with Crippen molar-refractivity contribution in [1.29, 1.82) is 5.26 Å². The lowest BCUT2D eigenvalue weighted by Crippen LogP contribution is -2.06. The number of hydrogen-bond donors (Lipinski definition) is 0. The van der Waals surface area contributed by atoms with Crippen molar-refractivity contribution in [3.05, 3.63) is 211 Å². The minimum Gasteiger partial charge on any atom is -0.308 e. The standard InChI is InChI=1S/C56H38N4/c1-36-19-23-39(24-20-36)42-27-29-46-44-13-6-8-17-50(44)59(52(46)33-42)54-31-38(35-57)32-55(56(54)49-16-10-15-48(58-49)41-11-4-3-5-12-41)60-51-18-9-7-14-45(51)47-30-28-43(34-53(47)60)40-25-21-37(2)22-26-40/h3-34H,1-2H3. The summed E-state index contributed by atoms with van der Waals surface area (Å²) in [6.07, 6.45) is 0. The molecule has 11 aromatic rings. The molecule has 0 radical (unpaired) electrons. The normalized spacial score (nSPS) is 11.5. The summed E-state index contributed by atoms with van der Waals surface area (Å²) in [6.45, 7) is 4.24. The van der Waals surface area contributed by atoms with Crippen molar-refractivity contribution < 1.29 is 0 Å². The van der Waals surface area contributed by atoms with Gasteiger partial charge in [-0.1, -0.05) is 157 Å². The molecular weight excluding hydrogens is 729 g/mol. The van der Waals surface area contributed by atoms with Crippen molar-refractivity contribution >= 4 is 43.6 Å². The van der Waals surface area contributed by atoms with E-state index < -0.39 is 0 Å². The van der Waals surface area contributed by atoms with Gasteiger partial charge >= 0.3 is 0 Å². The summed E-state index contributed by atoms with van der Waals surface area (Å²) in [7, 11) is 0. The minimum absolute atomic E-state index is 0.559. The molecule has 0 amide bonds. The quantitative estimate of drug-likeness (QED) is 0.169. The van der Waals surface area contributed by atoms with Gasteiger partial charge in [-0.15, -0.1) is 0 Å². The van der Waals surface area contributed by atoms with Crippen LogP contribution in [0.15, 0.2) is 194 Å². The molecule has 0 fully saturated rings. The zero-order chi connectivity index (χ0) is 40.3. The summed E-state index contributed by atoms with van der Waals surface area (Å²) in [5.74, 6) is 0. The van der Waals surface area contributed by atoms with Crippen LogP contribution in [0.25, 0.3) is 99.8 Å². The smallest absolute Gasteiger partial charge is 0.0993 e. The summed E-state index contributed by atoms with van der Waals surface area (Å²) < 4.78 is 4.70. The molecule has 0 aliphatic heterocycles. The number of aromatic nitrogens is 3. The van der Waals surface area contributed by atoms with Gasteiger partial charge in [0.05, 0.1) is 56.5 Å². The molecule has 282 valence electrons. The fraction of sp³-hybridized carbons (Fsp3) is 0.0357. The molecule has 0 saturated carbocycles. The van der Waals surface area contributed by atoms with E-state index in [1.165, 1.54) is 11.1 Å². The number of pyridine rings is 1. The van der Waals surface area contributed by atoms with Crippen molar-refractivity contribution in [2.24, 2.45) is 0 Å². The molecule has 11 rings (SSSR count). The zero-order valence-corrected chi connectivity index (χ0v) is 33.3. The van der Waals surface area contributed by atoms with E-state index in [0.717, 1.165) is 99.8 Å². The highest BCUT2D eigenvalue weighted by Crippen LogP contribution is 2.44. The Hall–Kier alpha value is -8.00. The Morgan fingerprint density at radius 2 is 0.833 bits per heavy atom. The van der Waals surface area contributed by atoms with Gasteiger partial charge in [0.25, 0.3) is 0 Å². The van der Waals surface area contributed by atoms with Gasteiger partial charge in [0, 0.05) is 32.7 Å². The van der Waals surface area contributed by atoms with E-state index in [1.807, 2.05) is 18.2 Å². The minimum atomic E-state index is 0.559. The predicted molar refractivity (Wildman–Crippen MR) is 249 cm³/mol. The van der Waals surface area contributed by atoms with Crippen molar-refractivity contribution in [1.82, 2.24) is 14.1 Å². The molecule has 0 atom stereocenters. The molecule has 0 spiro atoms. The molecule has 0 bridgehead atoms. The predicted octanol–water partition coefficient (Wildman–Crippen LogP) is 14.4. The Morgan fingerprint density at radius 3 is 1.35 bits per heavy atom. The van der Waals surface area contributed by atoms with Crippen LogP contribution in [0.4, 0.5) is 0 Å². The second-order valence-corrected chi connectivity index (χ2v) is 15.7. The van der Waals surface area contributed by atoms with E-state index in [2.05, 4.69) is 205 Å². The number of nitriles is 1. The summed E-state index contributed by atoms with van der Waals surface area (Å²) >= 11 is 0. The van der Waals surface area contributed by atoms with Crippen LogP contribution in [-0.2, 0) is 0 Å². The Labute approximate surface area is 348 Å². The second-order valence-electron chi connectivity index (χ2n) is 15.7. The molecule has 0 N–H and O–H groups in total. The monoisotopic (exact) mass is 766 g/mol. The maximum absolute atomic E-state index is 10.9. The molecule has 3 aromatic heterocycles. The topological polar surface area (TPSA) is 46.5 Å². The van der Waals surface area contributed by atoms with Crippen LogP contribution >= 0.6 is 0 Å². The van der Waals surface area contributed by atoms with Crippen LogP contribution in [0, 0.1) is 25.2 Å². The highest BCUT2D eigenvalue weighted by Gasteiger charge is 2.24. The molecule has 4 nitrogen and oxygen atoms in total. The maximum Gasteiger partial charge on any atom is 0.0993 e. The van der Waals surface area contributed by atoms with E-state index >= 15 is 0 Å². The summed E-state index contributed by atoms with van der Waals surface area (Å²) in [5, 5.41) is 15.5. The largest absolute Gasteiger partial charge is 0.308 e. The zero-order valence-electron chi connectivity index (χ0n) is 33.3. The van der Waals surface area contributed by atoms with Crippen LogP contribution in [0.5, 0.6) is 0 Å². The number of hydrogen-bond acceptors (Lipinski definition) is 2. The van der Waals surface area contributed by atoms with Crippen LogP contribution in [0.3, 0.4) is 0 Å². The van der Waals surface area contributed by atoms with Gasteiger partial charge in [-0.3, -0.25) is 0 Å². The van der Waals surface area contributed by atoms with Gasteiger partial charge in [-0.25, -0.2) is 4.98 Å². The highest BCUT2D eigenvalue weighted by atomic mass is 15.0. The molecule has 3 heterocycles. The molecule has 0 aliphatic carbocycles. The Kier molecular flexibility index (Phi) is 8.28. The molecular formula is C56H38N4. The van der Waals surface area contributed by atoms with Crippen LogP contribution < -0.4 is 0 Å². The third kappa shape index (κ3) is 5.79. The van der Waals surface area contributed by atoms with Crippen molar-refractivity contribution in [3.63, 3.8) is 0 Å². The number of fused-ring (bicyclic) bond motifs is 6. The van der Waals surface area contributed by atoms with Gasteiger partial charge < -0.3 is 9.13 Å². The number of benzene rings is 8. The van der Waals surface area contributed by atoms with Gasteiger partial charge in [-0.05, 0) is 84.6 Å². The third-order valence-corrected chi connectivity index (χ3v) is 11.9. The van der Waals surface area contributed by atoms with E-state index in [-0.39, 0.29) is 0 Å². The van der Waals surface area contributed by atoms with Crippen molar-refractivity contribution in [3.8, 4) is 62.2 Å². The first-order chi connectivity index (χ1) is 29.5. The number of rotatable bonds is 6. The first kappa shape index (κ1) is 35.2. The average Bonchev–Trinajstić information content (AvgIpc) is 3.81.